The molecule has 1 saturated heterocycles. The fourth-order valence-corrected chi connectivity index (χ4v) is 2.92. The first-order valence-electron chi connectivity index (χ1n) is 7.80. The Kier molecular flexibility index (Phi) is 5.80. The lowest BCUT2D eigenvalue weighted by Gasteiger charge is -2.40. The van der Waals surface area contributed by atoms with Crippen molar-refractivity contribution < 1.29 is 22.8 Å². The normalized spacial score (nSPS) is 21.4. The molecular formula is C16H20F3N3O2. The Morgan fingerprint density at radius 3 is 2.67 bits per heavy atom. The van der Waals surface area contributed by atoms with Gasteiger partial charge in [0.2, 0.25) is 11.8 Å². The molecule has 0 bridgehead atoms. The SMILES string of the molecule is CC(=O)NC1CCC(C(F)(F)F)N(C(=O)CCc2ccccn2)C1. The maximum atomic E-state index is 13.2. The first-order valence-corrected chi connectivity index (χ1v) is 7.80. The van der Waals surface area contributed by atoms with Crippen LogP contribution in [-0.4, -0.2) is 46.5 Å². The molecule has 2 unspecified atom stereocenters. The highest BCUT2D eigenvalue weighted by molar-refractivity contribution is 5.77. The number of aromatic nitrogens is 1. The van der Waals surface area contributed by atoms with E-state index in [0.717, 1.165) is 4.90 Å². The van der Waals surface area contributed by atoms with Gasteiger partial charge in [-0.25, -0.2) is 0 Å². The minimum Gasteiger partial charge on any atom is -0.352 e. The van der Waals surface area contributed by atoms with E-state index in [1.54, 1.807) is 24.4 Å². The van der Waals surface area contributed by atoms with Crippen molar-refractivity contribution in [3.63, 3.8) is 0 Å². The maximum Gasteiger partial charge on any atom is 0.408 e. The summed E-state index contributed by atoms with van der Waals surface area (Å²) in [6.45, 7) is 1.19. The van der Waals surface area contributed by atoms with E-state index in [9.17, 15) is 22.8 Å². The van der Waals surface area contributed by atoms with E-state index in [-0.39, 0.29) is 38.1 Å². The van der Waals surface area contributed by atoms with Gasteiger partial charge in [0, 0.05) is 37.8 Å². The van der Waals surface area contributed by atoms with Crippen LogP contribution in [0.15, 0.2) is 24.4 Å². The molecule has 2 atom stereocenters. The highest BCUT2D eigenvalue weighted by Gasteiger charge is 2.47. The minimum absolute atomic E-state index is 0.0453. The van der Waals surface area contributed by atoms with Crippen molar-refractivity contribution in [1.82, 2.24) is 15.2 Å². The summed E-state index contributed by atoms with van der Waals surface area (Å²) in [5.74, 6) is -0.885. The zero-order valence-corrected chi connectivity index (χ0v) is 13.3. The van der Waals surface area contributed by atoms with E-state index < -0.39 is 24.2 Å². The summed E-state index contributed by atoms with van der Waals surface area (Å²) < 4.78 is 39.6. The summed E-state index contributed by atoms with van der Waals surface area (Å²) in [4.78, 5) is 28.4. The van der Waals surface area contributed by atoms with E-state index in [1.165, 1.54) is 6.92 Å². The summed E-state index contributed by atoms with van der Waals surface area (Å²) in [7, 11) is 0. The largest absolute Gasteiger partial charge is 0.408 e. The summed E-state index contributed by atoms with van der Waals surface area (Å²) in [5, 5.41) is 2.60. The fraction of sp³-hybridized carbons (Fsp3) is 0.562. The number of piperidine rings is 1. The number of likely N-dealkylation sites (tertiary alicyclic amines) is 1. The Morgan fingerprint density at radius 1 is 1.33 bits per heavy atom. The number of nitrogens with one attached hydrogen (secondary N) is 1. The third kappa shape index (κ3) is 4.94. The predicted molar refractivity (Wildman–Crippen MR) is 81.0 cm³/mol. The molecule has 1 aliphatic heterocycles. The number of nitrogens with zero attached hydrogens (tertiary/aromatic N) is 2. The Hall–Kier alpha value is -2.12. The molecule has 1 fully saturated rings. The van der Waals surface area contributed by atoms with Crippen molar-refractivity contribution in [2.45, 2.75) is 50.9 Å². The average molecular weight is 343 g/mol. The predicted octanol–water partition coefficient (Wildman–Crippen LogP) is 2.07. The lowest BCUT2D eigenvalue weighted by molar-refractivity contribution is -0.197. The van der Waals surface area contributed by atoms with Gasteiger partial charge in [-0.3, -0.25) is 14.6 Å². The Labute approximate surface area is 138 Å². The highest BCUT2D eigenvalue weighted by Crippen LogP contribution is 2.32. The first-order chi connectivity index (χ1) is 11.3. The highest BCUT2D eigenvalue weighted by atomic mass is 19.4. The molecule has 0 aromatic carbocycles. The molecule has 0 saturated carbocycles. The number of carbonyl (C=O) groups is 2. The average Bonchev–Trinajstić information content (AvgIpc) is 2.52. The van der Waals surface area contributed by atoms with Gasteiger partial charge in [0.15, 0.2) is 0 Å². The lowest BCUT2D eigenvalue weighted by atomic mass is 9.96. The van der Waals surface area contributed by atoms with Gasteiger partial charge < -0.3 is 10.2 Å². The van der Waals surface area contributed by atoms with Crippen molar-refractivity contribution in [1.29, 1.82) is 0 Å². The molecule has 2 amide bonds. The van der Waals surface area contributed by atoms with Gasteiger partial charge in [0.1, 0.15) is 6.04 Å². The van der Waals surface area contributed by atoms with Crippen molar-refractivity contribution in [2.75, 3.05) is 6.54 Å². The van der Waals surface area contributed by atoms with Crippen LogP contribution in [-0.2, 0) is 16.0 Å². The van der Waals surface area contributed by atoms with Crippen LogP contribution < -0.4 is 5.32 Å². The van der Waals surface area contributed by atoms with E-state index in [2.05, 4.69) is 10.3 Å². The van der Waals surface area contributed by atoms with Crippen LogP contribution in [0.4, 0.5) is 13.2 Å². The van der Waals surface area contributed by atoms with Crippen LogP contribution in [0.5, 0.6) is 0 Å². The van der Waals surface area contributed by atoms with Crippen LogP contribution in [0.3, 0.4) is 0 Å². The number of carbonyl (C=O) groups excluding carboxylic acids is 2. The molecule has 1 N–H and O–H groups in total. The van der Waals surface area contributed by atoms with Crippen molar-refractivity contribution in [3.8, 4) is 0 Å². The zero-order valence-electron chi connectivity index (χ0n) is 13.3. The number of rotatable bonds is 4. The molecule has 8 heteroatoms. The second kappa shape index (κ2) is 7.63. The van der Waals surface area contributed by atoms with E-state index in [1.807, 2.05) is 0 Å². The molecule has 1 aromatic heterocycles. The standard InChI is InChI=1S/C16H20F3N3O2/c1-11(23)21-13-5-7-14(16(17,18)19)22(10-13)15(24)8-6-12-4-2-3-9-20-12/h2-4,9,13-14H,5-8,10H2,1H3,(H,21,23). The molecule has 24 heavy (non-hydrogen) atoms. The Morgan fingerprint density at radius 2 is 2.08 bits per heavy atom. The van der Waals surface area contributed by atoms with Gasteiger partial charge in [-0.2, -0.15) is 13.2 Å². The molecule has 1 aliphatic rings. The number of pyridine rings is 1. The zero-order chi connectivity index (χ0) is 17.7. The van der Waals surface area contributed by atoms with Gasteiger partial charge in [-0.15, -0.1) is 0 Å². The van der Waals surface area contributed by atoms with Crippen LogP contribution in [0.1, 0.15) is 31.9 Å². The minimum atomic E-state index is -4.47. The van der Waals surface area contributed by atoms with Crippen molar-refractivity contribution in [3.05, 3.63) is 30.1 Å². The molecule has 0 radical (unpaired) electrons. The maximum absolute atomic E-state index is 13.2. The molecule has 1 aromatic rings. The topological polar surface area (TPSA) is 62.3 Å². The molecule has 132 valence electrons. The van der Waals surface area contributed by atoms with Crippen molar-refractivity contribution >= 4 is 11.8 Å². The molecule has 2 heterocycles. The van der Waals surface area contributed by atoms with E-state index in [4.69, 9.17) is 0 Å². The fourth-order valence-electron chi connectivity index (χ4n) is 2.92. The Bertz CT molecular complexity index is 578. The number of hydrogen-bond donors (Lipinski definition) is 1. The third-order valence-corrected chi connectivity index (χ3v) is 4.01. The molecule has 0 spiro atoms. The Balaban J connectivity index is 2.04. The number of hydrogen-bond acceptors (Lipinski definition) is 3. The van der Waals surface area contributed by atoms with Gasteiger partial charge in [-0.05, 0) is 31.4 Å². The third-order valence-electron chi connectivity index (χ3n) is 4.01. The van der Waals surface area contributed by atoms with Gasteiger partial charge >= 0.3 is 6.18 Å². The second-order valence-corrected chi connectivity index (χ2v) is 5.90. The van der Waals surface area contributed by atoms with Crippen LogP contribution >= 0.6 is 0 Å². The summed E-state index contributed by atoms with van der Waals surface area (Å²) in [6, 6.07) is 2.98. The number of aryl methyl sites for hydroxylation is 1. The molecule has 5 nitrogen and oxygen atoms in total. The quantitative estimate of drug-likeness (QED) is 0.910. The van der Waals surface area contributed by atoms with Crippen LogP contribution in [0.25, 0.3) is 0 Å². The summed E-state index contributed by atoms with van der Waals surface area (Å²) in [5.41, 5.74) is 0.657. The van der Waals surface area contributed by atoms with Gasteiger partial charge in [-0.1, -0.05) is 6.07 Å². The number of halogens is 3. The molecule has 0 aliphatic carbocycles. The van der Waals surface area contributed by atoms with Crippen LogP contribution in [0, 0.1) is 0 Å². The second-order valence-electron chi connectivity index (χ2n) is 5.90. The number of amides is 2. The molecular weight excluding hydrogens is 323 g/mol. The van der Waals surface area contributed by atoms with Gasteiger partial charge in [0.25, 0.3) is 0 Å². The molecule has 2 rings (SSSR count). The van der Waals surface area contributed by atoms with Crippen LogP contribution in [0.2, 0.25) is 0 Å². The monoisotopic (exact) mass is 343 g/mol. The van der Waals surface area contributed by atoms with E-state index in [0.29, 0.717) is 5.69 Å². The lowest BCUT2D eigenvalue weighted by Crippen LogP contribution is -2.58. The van der Waals surface area contributed by atoms with Crippen molar-refractivity contribution in [2.24, 2.45) is 0 Å². The van der Waals surface area contributed by atoms with E-state index >= 15 is 0 Å². The smallest absolute Gasteiger partial charge is 0.352 e. The van der Waals surface area contributed by atoms with Gasteiger partial charge in [0.05, 0.1) is 0 Å². The summed E-state index contributed by atoms with van der Waals surface area (Å²) >= 11 is 0. The first kappa shape index (κ1) is 18.2. The number of alkyl halides is 3. The summed E-state index contributed by atoms with van der Waals surface area (Å²) in [6.07, 6.45) is -2.66.